The summed E-state index contributed by atoms with van der Waals surface area (Å²) in [7, 11) is -2.24. The van der Waals surface area contributed by atoms with Crippen LogP contribution in [0.4, 0.5) is 5.13 Å². The maximum atomic E-state index is 12.9. The summed E-state index contributed by atoms with van der Waals surface area (Å²) in [4.78, 5) is 30.2. The van der Waals surface area contributed by atoms with Gasteiger partial charge >= 0.3 is 0 Å². The van der Waals surface area contributed by atoms with Crippen molar-refractivity contribution in [3.05, 3.63) is 89.5 Å². The molecule has 0 aliphatic carbocycles. The van der Waals surface area contributed by atoms with Gasteiger partial charge in [0, 0.05) is 11.1 Å². The van der Waals surface area contributed by atoms with E-state index in [1.165, 1.54) is 19.2 Å². The Morgan fingerprint density at radius 3 is 2.29 bits per heavy atom. The van der Waals surface area contributed by atoms with Crippen LogP contribution >= 0.6 is 11.3 Å². The number of anilines is 1. The van der Waals surface area contributed by atoms with Crippen LogP contribution in [0, 0.1) is 0 Å². The van der Waals surface area contributed by atoms with E-state index in [4.69, 9.17) is 0 Å². The Labute approximate surface area is 182 Å². The lowest BCUT2D eigenvalue weighted by molar-refractivity contribution is 0.0996. The number of carbonyl (C=O) groups is 2. The number of hydrogen-bond acceptors (Lipinski definition) is 6. The monoisotopic (exact) mass is 451 g/mol. The summed E-state index contributed by atoms with van der Waals surface area (Å²) < 4.78 is 26.9. The topological polar surface area (TPSA) is 105 Å². The van der Waals surface area contributed by atoms with E-state index in [1.807, 2.05) is 6.07 Å². The molecule has 1 aromatic heterocycles. The second kappa shape index (κ2) is 8.38. The molecule has 1 heterocycles. The Bertz CT molecular complexity index is 1400. The third-order valence-electron chi connectivity index (χ3n) is 4.61. The lowest BCUT2D eigenvalue weighted by Gasteiger charge is -2.08. The van der Waals surface area contributed by atoms with E-state index in [9.17, 15) is 18.0 Å². The van der Waals surface area contributed by atoms with E-state index in [2.05, 4.69) is 15.0 Å². The van der Waals surface area contributed by atoms with Gasteiger partial charge in [-0.15, -0.1) is 0 Å². The van der Waals surface area contributed by atoms with Crippen molar-refractivity contribution in [1.82, 2.24) is 9.71 Å². The maximum Gasteiger partial charge on any atom is 0.258 e. The highest BCUT2D eigenvalue weighted by Crippen LogP contribution is 2.29. The van der Waals surface area contributed by atoms with Gasteiger partial charge in [0.25, 0.3) is 5.91 Å². The molecule has 1 amide bonds. The molecule has 0 aliphatic rings. The molecule has 9 heteroatoms. The first-order valence-corrected chi connectivity index (χ1v) is 11.5. The molecule has 7 nitrogen and oxygen atoms in total. The molecule has 0 saturated heterocycles. The first-order valence-electron chi connectivity index (χ1n) is 9.23. The van der Waals surface area contributed by atoms with E-state index in [1.54, 1.807) is 54.6 Å². The lowest BCUT2D eigenvalue weighted by Crippen LogP contribution is -2.18. The highest BCUT2D eigenvalue weighted by Gasteiger charge is 2.19. The smallest absolute Gasteiger partial charge is 0.258 e. The molecule has 0 fully saturated rings. The Balaban J connectivity index is 1.63. The van der Waals surface area contributed by atoms with Gasteiger partial charge in [-0.3, -0.25) is 14.9 Å². The van der Waals surface area contributed by atoms with Crippen LogP contribution in [0.25, 0.3) is 10.2 Å². The number of amides is 1. The number of fused-ring (bicyclic) bond motifs is 1. The minimum Gasteiger partial charge on any atom is -0.298 e. The minimum absolute atomic E-state index is 0.114. The number of sulfonamides is 1. The number of thiazole rings is 1. The van der Waals surface area contributed by atoms with Gasteiger partial charge in [0.15, 0.2) is 10.9 Å². The van der Waals surface area contributed by atoms with Crippen LogP contribution in [0.3, 0.4) is 0 Å². The number of carbonyl (C=O) groups excluding carboxylic acids is 2. The van der Waals surface area contributed by atoms with Crippen molar-refractivity contribution in [3.63, 3.8) is 0 Å². The molecule has 0 bridgehead atoms. The van der Waals surface area contributed by atoms with Crippen LogP contribution in [0.2, 0.25) is 0 Å². The largest absolute Gasteiger partial charge is 0.298 e. The lowest BCUT2D eigenvalue weighted by atomic mass is 9.98. The van der Waals surface area contributed by atoms with Crippen LogP contribution in [0.1, 0.15) is 26.3 Å². The number of nitrogens with zero attached hydrogens (tertiary/aromatic N) is 1. The number of aromatic nitrogens is 1. The number of hydrogen-bond donors (Lipinski definition) is 2. The van der Waals surface area contributed by atoms with Crippen LogP contribution in [-0.4, -0.2) is 32.1 Å². The van der Waals surface area contributed by atoms with E-state index in [0.29, 0.717) is 20.9 Å². The fourth-order valence-electron chi connectivity index (χ4n) is 3.03. The highest BCUT2D eigenvalue weighted by molar-refractivity contribution is 7.89. The summed E-state index contributed by atoms with van der Waals surface area (Å²) in [5, 5.41) is 3.02. The molecule has 4 aromatic rings. The average molecular weight is 452 g/mol. The Kier molecular flexibility index (Phi) is 5.64. The van der Waals surface area contributed by atoms with Gasteiger partial charge in [-0.25, -0.2) is 18.1 Å². The zero-order chi connectivity index (χ0) is 22.0. The molecule has 156 valence electrons. The Morgan fingerprint density at radius 1 is 0.903 bits per heavy atom. The van der Waals surface area contributed by atoms with Gasteiger partial charge in [0.1, 0.15) is 0 Å². The van der Waals surface area contributed by atoms with Crippen LogP contribution in [-0.2, 0) is 10.0 Å². The van der Waals surface area contributed by atoms with Crippen molar-refractivity contribution >= 4 is 48.4 Å². The predicted molar refractivity (Wildman–Crippen MR) is 120 cm³/mol. The molecule has 2 N–H and O–H groups in total. The first-order chi connectivity index (χ1) is 14.9. The molecule has 0 unspecified atom stereocenters. The molecule has 0 spiro atoms. The van der Waals surface area contributed by atoms with E-state index >= 15 is 0 Å². The molecule has 0 aliphatic heterocycles. The van der Waals surface area contributed by atoms with Crippen molar-refractivity contribution in [3.8, 4) is 0 Å². The summed E-state index contributed by atoms with van der Waals surface area (Å²) in [6, 6.07) is 19.8. The van der Waals surface area contributed by atoms with E-state index in [0.717, 1.165) is 11.3 Å². The van der Waals surface area contributed by atoms with Crippen molar-refractivity contribution in [1.29, 1.82) is 0 Å². The van der Waals surface area contributed by atoms with Gasteiger partial charge in [0.05, 0.1) is 20.7 Å². The van der Waals surface area contributed by atoms with Gasteiger partial charge < -0.3 is 0 Å². The second-order valence-electron chi connectivity index (χ2n) is 6.55. The number of benzene rings is 3. The zero-order valence-electron chi connectivity index (χ0n) is 16.3. The van der Waals surface area contributed by atoms with Gasteiger partial charge in [0.2, 0.25) is 10.0 Å². The Hall–Kier alpha value is -3.40. The van der Waals surface area contributed by atoms with Crippen LogP contribution in [0.5, 0.6) is 0 Å². The van der Waals surface area contributed by atoms with Crippen molar-refractivity contribution < 1.29 is 18.0 Å². The summed E-state index contributed by atoms with van der Waals surface area (Å²) >= 11 is 1.15. The van der Waals surface area contributed by atoms with E-state index < -0.39 is 15.9 Å². The summed E-state index contributed by atoms with van der Waals surface area (Å²) in [5.74, 6) is -0.723. The Morgan fingerprint density at radius 2 is 1.58 bits per heavy atom. The molecule has 0 radical (unpaired) electrons. The summed E-state index contributed by atoms with van der Waals surface area (Å²) in [6.45, 7) is 0. The minimum atomic E-state index is -3.58. The predicted octanol–water partition coefficient (Wildman–Crippen LogP) is 3.69. The average Bonchev–Trinajstić information content (AvgIpc) is 3.20. The number of nitrogens with one attached hydrogen (secondary N) is 2. The number of rotatable bonds is 6. The third-order valence-corrected chi connectivity index (χ3v) is 6.96. The normalized spacial score (nSPS) is 11.4. The van der Waals surface area contributed by atoms with Gasteiger partial charge in [-0.05, 0) is 31.3 Å². The fraction of sp³-hybridized carbons (Fsp3) is 0.0455. The summed E-state index contributed by atoms with van der Waals surface area (Å²) in [6.07, 6.45) is 0. The third kappa shape index (κ3) is 4.24. The fourth-order valence-corrected chi connectivity index (χ4v) is 4.76. The number of ketones is 1. The van der Waals surface area contributed by atoms with Gasteiger partial charge in [-0.2, -0.15) is 0 Å². The molecule has 0 atom stereocenters. The second-order valence-corrected chi connectivity index (χ2v) is 9.47. The van der Waals surface area contributed by atoms with Crippen LogP contribution < -0.4 is 10.0 Å². The van der Waals surface area contributed by atoms with E-state index in [-0.39, 0.29) is 21.8 Å². The summed E-state index contributed by atoms with van der Waals surface area (Å²) in [5.41, 5.74) is 1.56. The van der Waals surface area contributed by atoms with Crippen molar-refractivity contribution in [2.24, 2.45) is 0 Å². The molecular formula is C22H17N3O4S2. The standard InChI is InChI=1S/C22H17N3O4S2/c1-23-31(28,29)15-11-12-18-19(13-15)30-22(24-18)25-21(27)17-10-6-5-9-16(17)20(26)14-7-3-2-4-8-14/h2-13,23H,1H3,(H,24,25,27). The zero-order valence-corrected chi connectivity index (χ0v) is 18.0. The molecule has 3 aromatic carbocycles. The quantitative estimate of drug-likeness (QED) is 0.435. The molecule has 0 saturated carbocycles. The highest BCUT2D eigenvalue weighted by atomic mass is 32.2. The SMILES string of the molecule is CNS(=O)(=O)c1ccc2nc(NC(=O)c3ccccc3C(=O)c3ccccc3)sc2c1. The molecule has 4 rings (SSSR count). The van der Waals surface area contributed by atoms with Gasteiger partial charge in [-0.1, -0.05) is 59.9 Å². The maximum absolute atomic E-state index is 12.9. The van der Waals surface area contributed by atoms with Crippen molar-refractivity contribution in [2.45, 2.75) is 4.90 Å². The van der Waals surface area contributed by atoms with Crippen LogP contribution in [0.15, 0.2) is 77.7 Å². The molecule has 31 heavy (non-hydrogen) atoms. The molecular weight excluding hydrogens is 434 g/mol. The first kappa shape index (κ1) is 20.9. The van der Waals surface area contributed by atoms with Crippen molar-refractivity contribution in [2.75, 3.05) is 12.4 Å².